The van der Waals surface area contributed by atoms with E-state index in [1.807, 2.05) is 71.9 Å². The number of ether oxygens (including phenoxy) is 6. The molecule has 0 bridgehead atoms. The number of aromatic amines is 1. The van der Waals surface area contributed by atoms with E-state index in [2.05, 4.69) is 64.0 Å². The number of aryl methyl sites for hydroxylation is 2. The van der Waals surface area contributed by atoms with Gasteiger partial charge in [0.25, 0.3) is 0 Å². The van der Waals surface area contributed by atoms with Gasteiger partial charge in [-0.1, -0.05) is 12.1 Å². The third-order valence-electron chi connectivity index (χ3n) is 10.1. The van der Waals surface area contributed by atoms with Crippen LogP contribution in [-0.2, 0) is 25.8 Å². The number of hydrogen-bond acceptors (Lipinski definition) is 16. The maximum absolute atomic E-state index is 11.9. The van der Waals surface area contributed by atoms with E-state index in [0.717, 1.165) is 39.1 Å². The SMILES string of the molecule is COC(=O)C(C)(C)COc1cc(C)c(-c2ccc(-c3nc(OC(C)C)n(COCCS(C)(C)C)n3)nc2)cn1.Cc1cc(OCC(C)(C)C(=O)O)ncc1-c1ccc(-c2nc(OC(C)C)n[nH]2)nc1. The van der Waals surface area contributed by atoms with Crippen LogP contribution in [0.15, 0.2) is 61.2 Å². The molecule has 6 aromatic heterocycles. The zero-order valence-corrected chi connectivity index (χ0v) is 42.9. The van der Waals surface area contributed by atoms with Gasteiger partial charge in [-0.25, -0.2) is 20.0 Å². The Bertz CT molecular complexity index is 2640. The molecular formula is C49H66N10O9S. The van der Waals surface area contributed by atoms with Crippen molar-refractivity contribution in [3.05, 3.63) is 72.3 Å². The molecule has 19 nitrogen and oxygen atoms in total. The van der Waals surface area contributed by atoms with E-state index in [9.17, 15) is 14.7 Å². The summed E-state index contributed by atoms with van der Waals surface area (Å²) in [5.41, 5.74) is 5.02. The van der Waals surface area contributed by atoms with Crippen molar-refractivity contribution in [2.75, 3.05) is 51.5 Å². The Balaban J connectivity index is 0.000000266. The average molecular weight is 971 g/mol. The molecule has 6 rings (SSSR count). The number of aromatic nitrogens is 10. The minimum Gasteiger partial charge on any atom is -0.481 e. The zero-order chi connectivity index (χ0) is 50.7. The number of aliphatic carboxylic acids is 1. The van der Waals surface area contributed by atoms with Gasteiger partial charge in [0.15, 0.2) is 5.82 Å². The van der Waals surface area contributed by atoms with Crippen LogP contribution in [0.1, 0.15) is 66.5 Å². The normalized spacial score (nSPS) is 12.1. The number of carboxylic acid groups (broad SMARTS) is 1. The number of rotatable bonds is 21. The summed E-state index contributed by atoms with van der Waals surface area (Å²) in [6, 6.07) is 11.9. The van der Waals surface area contributed by atoms with Crippen LogP contribution < -0.4 is 18.9 Å². The van der Waals surface area contributed by atoms with Gasteiger partial charge in [0.05, 0.1) is 36.8 Å². The maximum atomic E-state index is 11.9. The van der Waals surface area contributed by atoms with Crippen molar-refractivity contribution in [1.29, 1.82) is 0 Å². The molecule has 0 aliphatic heterocycles. The Morgan fingerprint density at radius 3 is 1.78 bits per heavy atom. The Hall–Kier alpha value is -6.67. The van der Waals surface area contributed by atoms with E-state index in [1.54, 1.807) is 63.2 Å². The van der Waals surface area contributed by atoms with Crippen molar-refractivity contribution in [3.63, 3.8) is 0 Å². The molecule has 0 aromatic carbocycles. The lowest BCUT2D eigenvalue weighted by Crippen LogP contribution is -2.32. The Morgan fingerprint density at radius 2 is 1.30 bits per heavy atom. The van der Waals surface area contributed by atoms with E-state index < -0.39 is 26.8 Å². The third-order valence-corrected chi connectivity index (χ3v) is 11.5. The molecule has 20 heteroatoms. The van der Waals surface area contributed by atoms with Crippen LogP contribution in [0.4, 0.5) is 0 Å². The standard InChI is InChI=1S/C28H41N5O5S.C21H25N5O4/c1-19(2)38-27-31-25(32-33(27)18-36-12-13-39(7,8)9)23-11-10-21(15-29-23)22-16-30-24(14-20(22)3)37-17-28(4,5)26(34)35-6;1-12(2)30-20-24-18(25-26-20)16-7-6-14(9-22-16)15-10-23-17(8-13(15)3)29-11-21(4,5)19(27)28/h10-11,14-16,19H,12-13,17-18H2,1-9H3;6-10,12H,11H2,1-5H3,(H,27,28)(H,24,25,26). The minimum absolute atomic E-state index is 0.0124. The van der Waals surface area contributed by atoms with E-state index in [4.69, 9.17) is 28.4 Å². The summed E-state index contributed by atoms with van der Waals surface area (Å²) >= 11 is 0. The van der Waals surface area contributed by atoms with Gasteiger partial charge in [-0.2, -0.15) is 14.6 Å². The lowest BCUT2D eigenvalue weighted by molar-refractivity contribution is -0.152. The number of carbonyl (C=O) groups is 2. The van der Waals surface area contributed by atoms with Crippen molar-refractivity contribution in [3.8, 4) is 69.1 Å². The van der Waals surface area contributed by atoms with E-state index in [0.29, 0.717) is 47.4 Å². The van der Waals surface area contributed by atoms with Crippen LogP contribution in [0, 0.1) is 24.7 Å². The smallest absolute Gasteiger partial charge is 0.336 e. The first-order valence-corrected chi connectivity index (χ1v) is 25.4. The quantitative estimate of drug-likeness (QED) is 0.0510. The lowest BCUT2D eigenvalue weighted by atomic mass is 9.95. The fourth-order valence-corrected chi connectivity index (χ4v) is 6.63. The van der Waals surface area contributed by atoms with Crippen molar-refractivity contribution < 1.29 is 43.1 Å². The second-order valence-corrected chi connectivity index (χ2v) is 23.6. The number of methoxy groups -OCH3 is 1. The summed E-state index contributed by atoms with van der Waals surface area (Å²) in [5.74, 6) is 1.58. The number of H-pyrrole nitrogens is 1. The van der Waals surface area contributed by atoms with Gasteiger partial charge in [-0.15, -0.1) is 10.2 Å². The van der Waals surface area contributed by atoms with Crippen LogP contribution in [0.25, 0.3) is 45.3 Å². The van der Waals surface area contributed by atoms with Crippen LogP contribution in [-0.4, -0.2) is 131 Å². The van der Waals surface area contributed by atoms with Crippen molar-refractivity contribution in [2.45, 2.75) is 88.2 Å². The van der Waals surface area contributed by atoms with Gasteiger partial charge < -0.3 is 33.5 Å². The van der Waals surface area contributed by atoms with Crippen LogP contribution in [0.5, 0.6) is 23.8 Å². The number of nitrogens with one attached hydrogen (secondary N) is 1. The first-order chi connectivity index (χ1) is 32.4. The van der Waals surface area contributed by atoms with Gasteiger partial charge in [-0.05, 0) is 111 Å². The van der Waals surface area contributed by atoms with Gasteiger partial charge in [0, 0.05) is 64.9 Å². The monoisotopic (exact) mass is 970 g/mol. The topological polar surface area (TPSA) is 234 Å². The first kappa shape index (κ1) is 53.3. The van der Waals surface area contributed by atoms with Crippen LogP contribution >= 0.6 is 10.0 Å². The first-order valence-electron chi connectivity index (χ1n) is 22.3. The molecule has 6 heterocycles. The zero-order valence-electron chi connectivity index (χ0n) is 42.1. The molecule has 0 saturated carbocycles. The molecule has 0 spiro atoms. The summed E-state index contributed by atoms with van der Waals surface area (Å²) in [4.78, 5) is 49.7. The summed E-state index contributed by atoms with van der Waals surface area (Å²) in [7, 11) is 0.735. The highest BCUT2D eigenvalue weighted by Crippen LogP contribution is 2.34. The summed E-state index contributed by atoms with van der Waals surface area (Å²) in [6.45, 7) is 19.5. The summed E-state index contributed by atoms with van der Waals surface area (Å²) in [6.07, 6.45) is 13.7. The molecule has 0 aliphatic rings. The van der Waals surface area contributed by atoms with Gasteiger partial charge >= 0.3 is 24.0 Å². The number of nitrogens with zero attached hydrogens (tertiary/aromatic N) is 9. The van der Waals surface area contributed by atoms with E-state index in [1.165, 1.54) is 7.11 Å². The predicted molar refractivity (Wildman–Crippen MR) is 265 cm³/mol. The molecule has 69 heavy (non-hydrogen) atoms. The molecule has 0 radical (unpaired) electrons. The number of carboxylic acids is 1. The van der Waals surface area contributed by atoms with E-state index >= 15 is 0 Å². The van der Waals surface area contributed by atoms with E-state index in [-0.39, 0.29) is 44.1 Å². The molecule has 2 N–H and O–H groups in total. The van der Waals surface area contributed by atoms with Gasteiger partial charge in [0.2, 0.25) is 17.6 Å². The highest BCUT2D eigenvalue weighted by atomic mass is 32.3. The van der Waals surface area contributed by atoms with Gasteiger partial charge in [0.1, 0.15) is 31.3 Å². The van der Waals surface area contributed by atoms with Gasteiger partial charge in [-0.3, -0.25) is 24.7 Å². The van der Waals surface area contributed by atoms with Crippen molar-refractivity contribution in [2.24, 2.45) is 10.8 Å². The molecule has 0 amide bonds. The predicted octanol–water partition coefficient (Wildman–Crippen LogP) is 8.26. The molecule has 372 valence electrons. The number of esters is 1. The fourth-order valence-electron chi connectivity index (χ4n) is 6.01. The number of carbonyl (C=O) groups excluding carboxylic acids is 1. The molecule has 6 aromatic rings. The maximum Gasteiger partial charge on any atom is 0.336 e. The van der Waals surface area contributed by atoms with Crippen molar-refractivity contribution in [1.82, 2.24) is 49.9 Å². The molecule has 0 aliphatic carbocycles. The molecule has 0 atom stereocenters. The second kappa shape index (κ2) is 23.1. The molecule has 0 unspecified atom stereocenters. The lowest BCUT2D eigenvalue weighted by Gasteiger charge is -2.24. The van der Waals surface area contributed by atoms with Crippen LogP contribution in [0.3, 0.4) is 0 Å². The summed E-state index contributed by atoms with van der Waals surface area (Å²) in [5, 5.41) is 20.6. The number of hydrogen-bond donors (Lipinski definition) is 2. The third kappa shape index (κ3) is 15.4. The second-order valence-electron chi connectivity index (χ2n) is 19.0. The Labute approximate surface area is 405 Å². The van der Waals surface area contributed by atoms with Crippen LogP contribution in [0.2, 0.25) is 0 Å². The fraction of sp³-hybridized carbons (Fsp3) is 0.469. The Morgan fingerprint density at radius 1 is 0.754 bits per heavy atom. The van der Waals surface area contributed by atoms with Crippen molar-refractivity contribution >= 4 is 22.0 Å². The highest BCUT2D eigenvalue weighted by Gasteiger charge is 2.30. The number of pyridine rings is 4. The summed E-state index contributed by atoms with van der Waals surface area (Å²) < 4.78 is 35.0. The molecule has 0 saturated heterocycles. The average Bonchev–Trinajstić information content (AvgIpc) is 3.92. The highest BCUT2D eigenvalue weighted by molar-refractivity contribution is 8.32. The molecule has 0 fully saturated rings. The largest absolute Gasteiger partial charge is 0.481 e. The Kier molecular flexibility index (Phi) is 17.8. The minimum atomic E-state index is -0.991. The molecular weight excluding hydrogens is 905 g/mol.